The molecule has 0 bridgehead atoms. The molecule has 2 aromatic rings. The van der Waals surface area contributed by atoms with Crippen molar-refractivity contribution in [3.63, 3.8) is 0 Å². The highest BCUT2D eigenvalue weighted by molar-refractivity contribution is 7.89. The minimum absolute atomic E-state index is 0.0404. The van der Waals surface area contributed by atoms with Crippen LogP contribution in [0.3, 0.4) is 0 Å². The molecule has 1 aromatic carbocycles. The van der Waals surface area contributed by atoms with Crippen molar-refractivity contribution in [2.75, 3.05) is 31.1 Å². The number of aromatic nitrogens is 1. The number of hydrogen-bond donors (Lipinski definition) is 0. The molecule has 5 nitrogen and oxygen atoms in total. The van der Waals surface area contributed by atoms with E-state index in [0.717, 1.165) is 28.6 Å². The summed E-state index contributed by atoms with van der Waals surface area (Å²) >= 11 is 0. The van der Waals surface area contributed by atoms with E-state index in [1.54, 1.807) is 4.90 Å². The average molecular weight is 453 g/mol. The molecule has 0 amide bonds. The molecule has 0 aliphatic carbocycles. The van der Waals surface area contributed by atoms with Gasteiger partial charge in [-0.3, -0.25) is 0 Å². The van der Waals surface area contributed by atoms with E-state index in [2.05, 4.69) is 4.98 Å². The van der Waals surface area contributed by atoms with E-state index in [0.29, 0.717) is 25.2 Å². The Bertz CT molecular complexity index is 990. The fourth-order valence-corrected chi connectivity index (χ4v) is 4.60. The van der Waals surface area contributed by atoms with Crippen LogP contribution >= 0.6 is 0 Å². The van der Waals surface area contributed by atoms with Crippen LogP contribution in [0.1, 0.15) is 17.5 Å². The van der Waals surface area contributed by atoms with E-state index < -0.39 is 38.4 Å². The molecule has 12 heteroatoms. The summed E-state index contributed by atoms with van der Waals surface area (Å²) in [7, 11) is -4.16. The van der Waals surface area contributed by atoms with Crippen LogP contribution in [0.4, 0.5) is 32.2 Å². The predicted molar refractivity (Wildman–Crippen MR) is 96.3 cm³/mol. The van der Waals surface area contributed by atoms with E-state index in [1.807, 2.05) is 0 Å². The molecular formula is C18H17F6N3O2S. The van der Waals surface area contributed by atoms with Crippen molar-refractivity contribution in [2.24, 2.45) is 0 Å². The maximum absolute atomic E-state index is 12.9. The second kappa shape index (κ2) is 8.06. The van der Waals surface area contributed by atoms with Crippen molar-refractivity contribution in [3.05, 3.63) is 53.7 Å². The molecule has 3 rings (SSSR count). The quantitative estimate of drug-likeness (QED) is 0.659. The van der Waals surface area contributed by atoms with E-state index >= 15 is 0 Å². The summed E-state index contributed by atoms with van der Waals surface area (Å²) in [6.07, 6.45) is -8.15. The molecule has 0 saturated carbocycles. The summed E-state index contributed by atoms with van der Waals surface area (Å²) in [5.41, 5.74) is -1.95. The average Bonchev–Trinajstić information content (AvgIpc) is 2.94. The van der Waals surface area contributed by atoms with Crippen LogP contribution in [0.15, 0.2) is 47.5 Å². The lowest BCUT2D eigenvalue weighted by atomic mass is 10.2. The fraction of sp³-hybridized carbons (Fsp3) is 0.389. The Balaban J connectivity index is 1.76. The number of halogens is 6. The maximum Gasteiger partial charge on any atom is 0.417 e. The van der Waals surface area contributed by atoms with Gasteiger partial charge in [0.1, 0.15) is 5.82 Å². The van der Waals surface area contributed by atoms with Crippen molar-refractivity contribution >= 4 is 15.8 Å². The number of hydrogen-bond acceptors (Lipinski definition) is 4. The van der Waals surface area contributed by atoms with Gasteiger partial charge in [0.15, 0.2) is 0 Å². The molecule has 0 N–H and O–H groups in total. The van der Waals surface area contributed by atoms with E-state index in [9.17, 15) is 34.8 Å². The second-order valence-electron chi connectivity index (χ2n) is 6.67. The van der Waals surface area contributed by atoms with E-state index in [4.69, 9.17) is 0 Å². The highest BCUT2D eigenvalue weighted by atomic mass is 32.2. The normalized spacial score (nSPS) is 17.1. The summed E-state index contributed by atoms with van der Waals surface area (Å²) in [4.78, 5) is 4.99. The van der Waals surface area contributed by atoms with Gasteiger partial charge in [-0.05, 0) is 36.8 Å². The smallest absolute Gasteiger partial charge is 0.355 e. The zero-order chi connectivity index (χ0) is 22.2. The molecule has 0 spiro atoms. The summed E-state index contributed by atoms with van der Waals surface area (Å²) < 4.78 is 103. The van der Waals surface area contributed by atoms with Gasteiger partial charge in [0.25, 0.3) is 0 Å². The van der Waals surface area contributed by atoms with Crippen molar-refractivity contribution in [2.45, 2.75) is 23.7 Å². The summed E-state index contributed by atoms with van der Waals surface area (Å²) in [6, 6.07) is 5.62. The third kappa shape index (κ3) is 4.86. The Morgan fingerprint density at radius 2 is 1.53 bits per heavy atom. The van der Waals surface area contributed by atoms with Crippen LogP contribution in [0.5, 0.6) is 0 Å². The van der Waals surface area contributed by atoms with Gasteiger partial charge in [-0.15, -0.1) is 0 Å². The molecule has 0 radical (unpaired) electrons. The number of anilines is 1. The van der Waals surface area contributed by atoms with Gasteiger partial charge in [0, 0.05) is 32.4 Å². The molecule has 1 aliphatic rings. The first-order chi connectivity index (χ1) is 13.9. The lowest BCUT2D eigenvalue weighted by Gasteiger charge is -2.23. The summed E-state index contributed by atoms with van der Waals surface area (Å²) in [5, 5.41) is 0. The van der Waals surface area contributed by atoms with Crippen LogP contribution in [-0.2, 0) is 22.4 Å². The van der Waals surface area contributed by atoms with Crippen molar-refractivity contribution in [1.82, 2.24) is 9.29 Å². The van der Waals surface area contributed by atoms with Gasteiger partial charge in [0.05, 0.1) is 16.0 Å². The highest BCUT2D eigenvalue weighted by Gasteiger charge is 2.34. The standard InChI is InChI=1S/C18H17F6N3O2S/c19-17(20,21)13-3-1-4-15(11-13)30(28,29)27-8-2-7-26(9-10-27)16-6-5-14(12-25-16)18(22,23)24/h1,3-6,11-12H,2,7-10H2. The van der Waals surface area contributed by atoms with Gasteiger partial charge < -0.3 is 4.90 Å². The SMILES string of the molecule is O=S(=O)(c1cccc(C(F)(F)F)c1)N1CCCN(c2ccc(C(F)(F)F)cn2)CC1. The molecule has 1 aliphatic heterocycles. The first kappa shape index (κ1) is 22.3. The molecule has 1 fully saturated rings. The largest absolute Gasteiger partial charge is 0.417 e. The monoisotopic (exact) mass is 453 g/mol. The van der Waals surface area contributed by atoms with Gasteiger partial charge in [-0.25, -0.2) is 13.4 Å². The van der Waals surface area contributed by atoms with E-state index in [-0.39, 0.29) is 25.5 Å². The number of rotatable bonds is 3. The Hall–Kier alpha value is -2.34. The Morgan fingerprint density at radius 1 is 0.833 bits per heavy atom. The molecule has 164 valence electrons. The lowest BCUT2D eigenvalue weighted by molar-refractivity contribution is -0.138. The van der Waals surface area contributed by atoms with Crippen LogP contribution < -0.4 is 4.90 Å². The molecule has 1 aromatic heterocycles. The summed E-state index contributed by atoms with van der Waals surface area (Å²) in [6.45, 7) is 0.501. The van der Waals surface area contributed by atoms with Crippen LogP contribution in [0.25, 0.3) is 0 Å². The Labute approximate surface area is 169 Å². The second-order valence-corrected chi connectivity index (χ2v) is 8.61. The molecule has 1 saturated heterocycles. The minimum atomic E-state index is -4.67. The highest BCUT2D eigenvalue weighted by Crippen LogP contribution is 2.32. The van der Waals surface area contributed by atoms with E-state index in [1.165, 1.54) is 6.07 Å². The van der Waals surface area contributed by atoms with Crippen molar-refractivity contribution in [1.29, 1.82) is 0 Å². The first-order valence-electron chi connectivity index (χ1n) is 8.84. The molecule has 2 heterocycles. The zero-order valence-corrected chi connectivity index (χ0v) is 16.2. The van der Waals surface area contributed by atoms with Gasteiger partial charge >= 0.3 is 12.4 Å². The first-order valence-corrected chi connectivity index (χ1v) is 10.3. The predicted octanol–water partition coefficient (Wildman–Crippen LogP) is 4.02. The summed E-state index contributed by atoms with van der Waals surface area (Å²) in [5.74, 6) is 0.265. The molecular weight excluding hydrogens is 436 g/mol. The molecule has 0 atom stereocenters. The van der Waals surface area contributed by atoms with Gasteiger partial charge in [-0.1, -0.05) is 6.07 Å². The fourth-order valence-electron chi connectivity index (χ4n) is 3.09. The number of pyridine rings is 1. The van der Waals surface area contributed by atoms with Crippen molar-refractivity contribution in [3.8, 4) is 0 Å². The lowest BCUT2D eigenvalue weighted by Crippen LogP contribution is -2.35. The number of alkyl halides is 6. The minimum Gasteiger partial charge on any atom is -0.355 e. The maximum atomic E-state index is 12.9. The Morgan fingerprint density at radius 3 is 2.13 bits per heavy atom. The topological polar surface area (TPSA) is 53.5 Å². The van der Waals surface area contributed by atoms with Gasteiger partial charge in [-0.2, -0.15) is 30.6 Å². The molecule has 30 heavy (non-hydrogen) atoms. The third-order valence-electron chi connectivity index (χ3n) is 4.65. The third-order valence-corrected chi connectivity index (χ3v) is 6.55. The Kier molecular flexibility index (Phi) is 6.01. The van der Waals surface area contributed by atoms with Crippen LogP contribution in [0, 0.1) is 0 Å². The number of sulfonamides is 1. The number of benzene rings is 1. The van der Waals surface area contributed by atoms with Crippen LogP contribution in [0.2, 0.25) is 0 Å². The zero-order valence-electron chi connectivity index (χ0n) is 15.4. The molecule has 0 unspecified atom stereocenters. The van der Waals surface area contributed by atoms with Crippen molar-refractivity contribution < 1.29 is 34.8 Å². The van der Waals surface area contributed by atoms with Gasteiger partial charge in [0.2, 0.25) is 10.0 Å². The number of nitrogens with zero attached hydrogens (tertiary/aromatic N) is 3. The van der Waals surface area contributed by atoms with Crippen LogP contribution in [-0.4, -0.2) is 43.9 Å².